The molecular formula is C21H18F2N4O. The first-order valence-corrected chi connectivity index (χ1v) is 9.28. The molecule has 5 nitrogen and oxygen atoms in total. The van der Waals surface area contributed by atoms with Crippen molar-refractivity contribution < 1.29 is 13.5 Å². The zero-order chi connectivity index (χ0) is 19.1. The molecule has 0 bridgehead atoms. The molecule has 0 saturated carbocycles. The van der Waals surface area contributed by atoms with Crippen LogP contribution in [0.15, 0.2) is 42.9 Å². The van der Waals surface area contributed by atoms with E-state index in [1.165, 1.54) is 12.3 Å². The Morgan fingerprint density at radius 3 is 2.68 bits per heavy atom. The van der Waals surface area contributed by atoms with E-state index in [1.807, 2.05) is 18.2 Å². The Morgan fingerprint density at radius 2 is 1.86 bits per heavy atom. The van der Waals surface area contributed by atoms with Crippen LogP contribution in [-0.2, 0) is 4.74 Å². The molecule has 4 aromatic rings. The minimum Gasteiger partial charge on any atom is -0.381 e. The molecule has 28 heavy (non-hydrogen) atoms. The van der Waals surface area contributed by atoms with Gasteiger partial charge in [0.05, 0.1) is 11.7 Å². The number of pyridine rings is 2. The zero-order valence-electron chi connectivity index (χ0n) is 15.0. The van der Waals surface area contributed by atoms with Gasteiger partial charge in [0.1, 0.15) is 5.52 Å². The Hall–Kier alpha value is -2.93. The van der Waals surface area contributed by atoms with Gasteiger partial charge in [0.15, 0.2) is 0 Å². The Morgan fingerprint density at radius 1 is 1.00 bits per heavy atom. The summed E-state index contributed by atoms with van der Waals surface area (Å²) < 4.78 is 31.6. The van der Waals surface area contributed by atoms with Crippen molar-refractivity contribution in [3.05, 3.63) is 54.1 Å². The van der Waals surface area contributed by atoms with Gasteiger partial charge in [-0.3, -0.25) is 15.1 Å². The molecule has 1 aliphatic heterocycles. The maximum Gasteiger partial charge on any atom is 0.265 e. The second kappa shape index (κ2) is 6.91. The maximum absolute atomic E-state index is 13.1. The molecule has 0 radical (unpaired) electrons. The van der Waals surface area contributed by atoms with Gasteiger partial charge in [0.25, 0.3) is 6.43 Å². The van der Waals surface area contributed by atoms with E-state index in [9.17, 15) is 8.78 Å². The lowest BCUT2D eigenvalue weighted by atomic mass is 9.92. The summed E-state index contributed by atoms with van der Waals surface area (Å²) in [5.41, 5.74) is 4.17. The van der Waals surface area contributed by atoms with Gasteiger partial charge in [-0.15, -0.1) is 0 Å². The zero-order valence-corrected chi connectivity index (χ0v) is 15.0. The van der Waals surface area contributed by atoms with Gasteiger partial charge in [-0.25, -0.2) is 8.78 Å². The molecule has 1 aromatic carbocycles. The Labute approximate surface area is 159 Å². The van der Waals surface area contributed by atoms with Crippen molar-refractivity contribution in [3.63, 3.8) is 0 Å². The number of nitrogens with one attached hydrogen (secondary N) is 1. The number of benzene rings is 1. The minimum atomic E-state index is -2.55. The fourth-order valence-electron chi connectivity index (χ4n) is 3.92. The first-order valence-electron chi connectivity index (χ1n) is 9.28. The van der Waals surface area contributed by atoms with Crippen molar-refractivity contribution in [2.24, 2.45) is 0 Å². The monoisotopic (exact) mass is 380 g/mol. The lowest BCUT2D eigenvalue weighted by molar-refractivity contribution is 0.0848. The number of ether oxygens (including phenoxy) is 1. The molecule has 0 atom stereocenters. The van der Waals surface area contributed by atoms with Gasteiger partial charge < -0.3 is 4.74 Å². The predicted octanol–water partition coefficient (Wildman–Crippen LogP) is 5.00. The average molecular weight is 380 g/mol. The van der Waals surface area contributed by atoms with E-state index in [4.69, 9.17) is 4.74 Å². The third-order valence-electron chi connectivity index (χ3n) is 5.39. The highest BCUT2D eigenvalue weighted by atomic mass is 19.3. The summed E-state index contributed by atoms with van der Waals surface area (Å²) in [6.07, 6.45) is 3.93. The van der Waals surface area contributed by atoms with E-state index in [0.29, 0.717) is 11.5 Å². The molecule has 1 N–H and O–H groups in total. The number of halogens is 2. The largest absolute Gasteiger partial charge is 0.381 e. The van der Waals surface area contributed by atoms with Gasteiger partial charge in [0.2, 0.25) is 0 Å². The number of hydrogen-bond acceptors (Lipinski definition) is 4. The van der Waals surface area contributed by atoms with Crippen LogP contribution < -0.4 is 0 Å². The molecule has 1 aliphatic rings. The third kappa shape index (κ3) is 2.92. The second-order valence-corrected chi connectivity index (χ2v) is 7.08. The standard InChI is InChI=1S/C21H18F2N4O/c22-21(23)15-7-14(9-24-10-15)13-1-2-17-16(8-13)19-18(11-25-17)26-27-20(19)12-3-5-28-6-4-12/h1-2,7-12,21H,3-6H2,(H,26,27). The van der Waals surface area contributed by atoms with Crippen LogP contribution >= 0.6 is 0 Å². The molecule has 4 heterocycles. The van der Waals surface area contributed by atoms with Crippen LogP contribution in [0.2, 0.25) is 0 Å². The number of fused-ring (bicyclic) bond motifs is 3. The van der Waals surface area contributed by atoms with E-state index in [2.05, 4.69) is 20.2 Å². The maximum atomic E-state index is 13.1. The van der Waals surface area contributed by atoms with Crippen molar-refractivity contribution in [2.75, 3.05) is 13.2 Å². The van der Waals surface area contributed by atoms with Gasteiger partial charge in [0, 0.05) is 59.1 Å². The summed E-state index contributed by atoms with van der Waals surface area (Å²) in [5.74, 6) is 0.358. The van der Waals surface area contributed by atoms with Crippen LogP contribution in [0.1, 0.15) is 36.4 Å². The molecule has 142 valence electrons. The molecular weight excluding hydrogens is 362 g/mol. The Balaban J connectivity index is 1.68. The highest BCUT2D eigenvalue weighted by Crippen LogP contribution is 2.36. The Kier molecular flexibility index (Phi) is 4.24. The molecule has 0 unspecified atom stereocenters. The molecule has 3 aromatic heterocycles. The summed E-state index contributed by atoms with van der Waals surface area (Å²) >= 11 is 0. The summed E-state index contributed by atoms with van der Waals surface area (Å²) in [6, 6.07) is 7.29. The van der Waals surface area contributed by atoms with Crippen LogP contribution in [0, 0.1) is 0 Å². The number of H-pyrrole nitrogens is 1. The number of alkyl halides is 2. The first-order chi connectivity index (χ1) is 13.7. The van der Waals surface area contributed by atoms with Gasteiger partial charge in [-0.05, 0) is 36.6 Å². The lowest BCUT2D eigenvalue weighted by Gasteiger charge is -2.21. The van der Waals surface area contributed by atoms with Gasteiger partial charge in [-0.1, -0.05) is 6.07 Å². The number of aromatic amines is 1. The highest BCUT2D eigenvalue weighted by molar-refractivity contribution is 6.07. The Bertz CT molecular complexity index is 1150. The van der Waals surface area contributed by atoms with E-state index in [1.54, 1.807) is 12.4 Å². The minimum absolute atomic E-state index is 0.0832. The van der Waals surface area contributed by atoms with E-state index >= 15 is 0 Å². The van der Waals surface area contributed by atoms with Crippen LogP contribution in [0.4, 0.5) is 8.78 Å². The van der Waals surface area contributed by atoms with E-state index in [-0.39, 0.29) is 5.56 Å². The van der Waals surface area contributed by atoms with Crippen LogP contribution in [0.5, 0.6) is 0 Å². The van der Waals surface area contributed by atoms with Crippen molar-refractivity contribution >= 4 is 21.8 Å². The van der Waals surface area contributed by atoms with E-state index in [0.717, 1.165) is 59.1 Å². The molecule has 1 saturated heterocycles. The molecule has 5 rings (SSSR count). The summed E-state index contributed by atoms with van der Waals surface area (Å²) in [6.45, 7) is 1.48. The van der Waals surface area contributed by atoms with Crippen molar-refractivity contribution in [1.29, 1.82) is 0 Å². The summed E-state index contributed by atoms with van der Waals surface area (Å²) in [4.78, 5) is 8.48. The fourth-order valence-corrected chi connectivity index (χ4v) is 3.92. The number of nitrogens with zero attached hydrogens (tertiary/aromatic N) is 3. The molecule has 7 heteroatoms. The summed E-state index contributed by atoms with van der Waals surface area (Å²) in [5, 5.41) is 9.66. The summed E-state index contributed by atoms with van der Waals surface area (Å²) in [7, 11) is 0. The van der Waals surface area contributed by atoms with Gasteiger partial charge in [-0.2, -0.15) is 5.10 Å². The fraction of sp³-hybridized carbons (Fsp3) is 0.286. The predicted molar refractivity (Wildman–Crippen MR) is 102 cm³/mol. The highest BCUT2D eigenvalue weighted by Gasteiger charge is 2.22. The van der Waals surface area contributed by atoms with Crippen molar-refractivity contribution in [2.45, 2.75) is 25.2 Å². The quantitative estimate of drug-likeness (QED) is 0.543. The molecule has 0 aliphatic carbocycles. The van der Waals surface area contributed by atoms with Crippen molar-refractivity contribution in [3.8, 4) is 11.1 Å². The van der Waals surface area contributed by atoms with Crippen LogP contribution in [-0.4, -0.2) is 33.4 Å². The second-order valence-electron chi connectivity index (χ2n) is 7.08. The topological polar surface area (TPSA) is 63.7 Å². The lowest BCUT2D eigenvalue weighted by Crippen LogP contribution is -2.14. The average Bonchev–Trinajstić information content (AvgIpc) is 3.19. The number of hydrogen-bond donors (Lipinski definition) is 1. The molecule has 1 fully saturated rings. The third-order valence-corrected chi connectivity index (χ3v) is 5.39. The first kappa shape index (κ1) is 17.2. The number of aromatic nitrogens is 4. The molecule has 0 spiro atoms. The van der Waals surface area contributed by atoms with Crippen LogP contribution in [0.3, 0.4) is 0 Å². The van der Waals surface area contributed by atoms with Crippen molar-refractivity contribution in [1.82, 2.24) is 20.2 Å². The normalized spacial score (nSPS) is 15.7. The van der Waals surface area contributed by atoms with Crippen LogP contribution in [0.25, 0.3) is 32.9 Å². The molecule has 0 amide bonds. The number of rotatable bonds is 3. The SMILES string of the molecule is FC(F)c1cncc(-c2ccc3ncc4n[nH]c(C5CCOCC5)c4c3c2)c1. The van der Waals surface area contributed by atoms with Gasteiger partial charge >= 0.3 is 0 Å². The smallest absolute Gasteiger partial charge is 0.265 e. The van der Waals surface area contributed by atoms with E-state index < -0.39 is 6.43 Å².